The molecular weight excluding hydrogens is 368 g/mol. The van der Waals surface area contributed by atoms with Crippen LogP contribution in [-0.2, 0) is 22.7 Å². The zero-order valence-electron chi connectivity index (χ0n) is 16.7. The van der Waals surface area contributed by atoms with E-state index in [2.05, 4.69) is 21.6 Å². The molecule has 4 aliphatic rings. The van der Waals surface area contributed by atoms with Gasteiger partial charge in [-0.05, 0) is 61.9 Å². The van der Waals surface area contributed by atoms with Crippen LogP contribution in [0.25, 0.3) is 0 Å². The third-order valence-electron chi connectivity index (χ3n) is 7.05. The molecule has 7 nitrogen and oxygen atoms in total. The van der Waals surface area contributed by atoms with Crippen molar-refractivity contribution in [2.75, 3.05) is 19.6 Å². The van der Waals surface area contributed by atoms with Gasteiger partial charge in [-0.15, -0.1) is 0 Å². The molecule has 3 saturated heterocycles. The Morgan fingerprint density at radius 3 is 2.79 bits per heavy atom. The van der Waals surface area contributed by atoms with Crippen molar-refractivity contribution in [3.05, 3.63) is 34.9 Å². The zero-order chi connectivity index (χ0) is 20.0. The van der Waals surface area contributed by atoms with Crippen LogP contribution in [0.4, 0.5) is 0 Å². The number of rotatable bonds is 4. The van der Waals surface area contributed by atoms with Gasteiger partial charge in [0, 0.05) is 37.7 Å². The van der Waals surface area contributed by atoms with Gasteiger partial charge in [0.25, 0.3) is 5.91 Å². The summed E-state index contributed by atoms with van der Waals surface area (Å²) in [4.78, 5) is 40.9. The number of hydrogen-bond acceptors (Lipinski definition) is 5. The number of nitrogens with zero attached hydrogens (tertiary/aromatic N) is 2. The standard InChI is InChI=1S/C22H28N4O3/c27-20-7-6-19(21(28)24-20)26-13-17-14(3-1-4-16(17)22(26)29)11-25-10-8-15(12-25)18-5-2-9-23-18/h1,3-4,15,18-19,23H,2,5-13H2,(H,24,27,28). The van der Waals surface area contributed by atoms with Crippen LogP contribution in [0, 0.1) is 5.92 Å². The third-order valence-corrected chi connectivity index (χ3v) is 7.05. The summed E-state index contributed by atoms with van der Waals surface area (Å²) in [5.41, 5.74) is 2.94. The van der Waals surface area contributed by atoms with Gasteiger partial charge in [-0.1, -0.05) is 12.1 Å². The van der Waals surface area contributed by atoms with Crippen molar-refractivity contribution in [1.82, 2.24) is 20.4 Å². The number of hydrogen-bond donors (Lipinski definition) is 2. The molecule has 3 amide bonds. The van der Waals surface area contributed by atoms with E-state index < -0.39 is 6.04 Å². The molecule has 3 unspecified atom stereocenters. The van der Waals surface area contributed by atoms with Crippen LogP contribution in [-0.4, -0.2) is 59.2 Å². The van der Waals surface area contributed by atoms with E-state index in [0.29, 0.717) is 24.6 Å². The number of carbonyl (C=O) groups excluding carboxylic acids is 3. The van der Waals surface area contributed by atoms with E-state index in [1.54, 1.807) is 4.90 Å². The Balaban J connectivity index is 1.29. The Labute approximate surface area is 170 Å². The second kappa shape index (κ2) is 7.54. The van der Waals surface area contributed by atoms with Crippen LogP contribution in [0.15, 0.2) is 18.2 Å². The van der Waals surface area contributed by atoms with Crippen LogP contribution in [0.3, 0.4) is 0 Å². The molecule has 29 heavy (non-hydrogen) atoms. The van der Waals surface area contributed by atoms with Crippen molar-refractivity contribution in [3.8, 4) is 0 Å². The fourth-order valence-corrected chi connectivity index (χ4v) is 5.49. The van der Waals surface area contributed by atoms with Crippen LogP contribution < -0.4 is 10.6 Å². The van der Waals surface area contributed by atoms with Gasteiger partial charge < -0.3 is 10.2 Å². The molecule has 154 valence electrons. The number of imide groups is 1. The first-order valence-electron chi connectivity index (χ1n) is 10.8. The molecular formula is C22H28N4O3. The van der Waals surface area contributed by atoms with Crippen molar-refractivity contribution in [3.63, 3.8) is 0 Å². The normalized spacial score (nSPS) is 30.1. The lowest BCUT2D eigenvalue weighted by Crippen LogP contribution is -2.52. The Kier molecular flexibility index (Phi) is 4.87. The fraction of sp³-hybridized carbons (Fsp3) is 0.591. The third kappa shape index (κ3) is 3.46. The summed E-state index contributed by atoms with van der Waals surface area (Å²) in [5.74, 6) is 0.0218. The van der Waals surface area contributed by atoms with Crippen LogP contribution in [0.2, 0.25) is 0 Å². The van der Waals surface area contributed by atoms with Crippen molar-refractivity contribution < 1.29 is 14.4 Å². The minimum atomic E-state index is -0.551. The topological polar surface area (TPSA) is 81.8 Å². The average Bonchev–Trinajstić information content (AvgIpc) is 3.43. The van der Waals surface area contributed by atoms with E-state index >= 15 is 0 Å². The van der Waals surface area contributed by atoms with Gasteiger partial charge in [-0.3, -0.25) is 24.6 Å². The summed E-state index contributed by atoms with van der Waals surface area (Å²) in [6.07, 6.45) is 4.49. The summed E-state index contributed by atoms with van der Waals surface area (Å²) in [7, 11) is 0. The van der Waals surface area contributed by atoms with E-state index in [-0.39, 0.29) is 24.1 Å². The average molecular weight is 396 g/mol. The summed E-state index contributed by atoms with van der Waals surface area (Å²) >= 11 is 0. The van der Waals surface area contributed by atoms with Crippen molar-refractivity contribution in [2.45, 2.75) is 57.3 Å². The molecule has 0 aromatic heterocycles. The second-order valence-electron chi connectivity index (χ2n) is 8.83. The Bertz CT molecular complexity index is 848. The molecule has 0 spiro atoms. The van der Waals surface area contributed by atoms with E-state index in [9.17, 15) is 14.4 Å². The largest absolute Gasteiger partial charge is 0.322 e. The lowest BCUT2D eigenvalue weighted by Gasteiger charge is -2.29. The van der Waals surface area contributed by atoms with E-state index in [1.165, 1.54) is 24.8 Å². The highest BCUT2D eigenvalue weighted by atomic mass is 16.2. The summed E-state index contributed by atoms with van der Waals surface area (Å²) in [6, 6.07) is 6.03. The smallest absolute Gasteiger partial charge is 0.255 e. The number of amides is 3. The minimum Gasteiger partial charge on any atom is -0.322 e. The first-order chi connectivity index (χ1) is 14.1. The highest BCUT2D eigenvalue weighted by Crippen LogP contribution is 2.32. The molecule has 3 atom stereocenters. The molecule has 0 bridgehead atoms. The van der Waals surface area contributed by atoms with Gasteiger partial charge in [0.05, 0.1) is 0 Å². The molecule has 5 rings (SSSR count). The lowest BCUT2D eigenvalue weighted by molar-refractivity contribution is -0.136. The maximum atomic E-state index is 13.0. The summed E-state index contributed by atoms with van der Waals surface area (Å²) in [5, 5.41) is 6.01. The van der Waals surface area contributed by atoms with E-state index in [0.717, 1.165) is 37.7 Å². The van der Waals surface area contributed by atoms with Crippen molar-refractivity contribution >= 4 is 17.7 Å². The first-order valence-corrected chi connectivity index (χ1v) is 10.8. The number of benzene rings is 1. The number of likely N-dealkylation sites (tertiary alicyclic amines) is 1. The Morgan fingerprint density at radius 2 is 2.00 bits per heavy atom. The maximum absolute atomic E-state index is 13.0. The van der Waals surface area contributed by atoms with Crippen LogP contribution in [0.1, 0.15) is 53.6 Å². The van der Waals surface area contributed by atoms with Crippen molar-refractivity contribution in [2.24, 2.45) is 5.92 Å². The molecule has 7 heteroatoms. The number of carbonyl (C=O) groups is 3. The predicted octanol–water partition coefficient (Wildman–Crippen LogP) is 1.02. The quantitative estimate of drug-likeness (QED) is 0.743. The Morgan fingerprint density at radius 1 is 1.10 bits per heavy atom. The molecule has 4 aliphatic heterocycles. The monoisotopic (exact) mass is 396 g/mol. The summed E-state index contributed by atoms with van der Waals surface area (Å²) < 4.78 is 0. The molecule has 2 N–H and O–H groups in total. The molecule has 4 heterocycles. The SMILES string of the molecule is O=C1CCC(N2Cc3c(CN4CCC(C5CCCN5)C4)cccc3C2=O)C(=O)N1. The number of piperidine rings is 1. The fourth-order valence-electron chi connectivity index (χ4n) is 5.49. The van der Waals surface area contributed by atoms with E-state index in [4.69, 9.17) is 0 Å². The number of nitrogens with one attached hydrogen (secondary N) is 2. The minimum absolute atomic E-state index is 0.0918. The molecule has 1 aromatic carbocycles. The van der Waals surface area contributed by atoms with E-state index in [1.807, 2.05) is 12.1 Å². The summed E-state index contributed by atoms with van der Waals surface area (Å²) in [6.45, 7) is 4.65. The van der Waals surface area contributed by atoms with Gasteiger partial charge in [0.15, 0.2) is 0 Å². The number of fused-ring (bicyclic) bond motifs is 1. The molecule has 3 fully saturated rings. The predicted molar refractivity (Wildman–Crippen MR) is 107 cm³/mol. The molecule has 0 saturated carbocycles. The van der Waals surface area contributed by atoms with Crippen LogP contribution >= 0.6 is 0 Å². The van der Waals surface area contributed by atoms with Crippen LogP contribution in [0.5, 0.6) is 0 Å². The maximum Gasteiger partial charge on any atom is 0.255 e. The van der Waals surface area contributed by atoms with Gasteiger partial charge in [-0.25, -0.2) is 0 Å². The highest BCUT2D eigenvalue weighted by molar-refractivity contribution is 6.05. The zero-order valence-corrected chi connectivity index (χ0v) is 16.7. The van der Waals surface area contributed by atoms with Gasteiger partial charge >= 0.3 is 0 Å². The van der Waals surface area contributed by atoms with Gasteiger partial charge in [-0.2, -0.15) is 0 Å². The molecule has 0 aliphatic carbocycles. The van der Waals surface area contributed by atoms with Gasteiger partial charge in [0.2, 0.25) is 11.8 Å². The highest BCUT2D eigenvalue weighted by Gasteiger charge is 2.40. The Hall–Kier alpha value is -2.25. The van der Waals surface area contributed by atoms with Gasteiger partial charge in [0.1, 0.15) is 6.04 Å². The second-order valence-corrected chi connectivity index (χ2v) is 8.83. The molecule has 0 radical (unpaired) electrons. The first kappa shape index (κ1) is 18.8. The van der Waals surface area contributed by atoms with Crippen molar-refractivity contribution in [1.29, 1.82) is 0 Å². The molecule has 1 aromatic rings. The lowest BCUT2D eigenvalue weighted by atomic mass is 9.98.